The first-order valence-corrected chi connectivity index (χ1v) is 10.1. The molecule has 0 atom stereocenters. The zero-order chi connectivity index (χ0) is 21.4. The zero-order valence-corrected chi connectivity index (χ0v) is 17.3. The Morgan fingerprint density at radius 2 is 1.94 bits per heavy atom. The summed E-state index contributed by atoms with van der Waals surface area (Å²) in [5.74, 6) is 2.82. The molecule has 0 aliphatic carbocycles. The maximum Gasteiger partial charge on any atom is 0.182 e. The Morgan fingerprint density at radius 1 is 1.10 bits per heavy atom. The molecular formula is C23H21N5O3. The molecule has 2 aromatic carbocycles. The maximum atomic E-state index is 12.6. The van der Waals surface area contributed by atoms with Crippen LogP contribution >= 0.6 is 0 Å². The predicted octanol–water partition coefficient (Wildman–Crippen LogP) is 3.67. The number of fused-ring (bicyclic) bond motifs is 5. The molecule has 0 bridgehead atoms. The third-order valence-corrected chi connectivity index (χ3v) is 5.40. The van der Waals surface area contributed by atoms with Gasteiger partial charge in [0.15, 0.2) is 17.4 Å². The predicted molar refractivity (Wildman–Crippen MR) is 114 cm³/mol. The monoisotopic (exact) mass is 415 g/mol. The Balaban J connectivity index is 1.64. The minimum atomic E-state index is 0.00224. The quantitative estimate of drug-likeness (QED) is 0.394. The molecule has 4 aromatic rings. The molecule has 5 rings (SSSR count). The fraction of sp³-hybridized carbons (Fsp3) is 0.217. The van der Waals surface area contributed by atoms with Crippen LogP contribution in [-0.4, -0.2) is 37.2 Å². The van der Waals surface area contributed by atoms with Crippen molar-refractivity contribution in [3.63, 3.8) is 0 Å². The first-order chi connectivity index (χ1) is 15.2. The van der Waals surface area contributed by atoms with E-state index in [9.17, 15) is 4.79 Å². The van der Waals surface area contributed by atoms with Gasteiger partial charge in [-0.3, -0.25) is 9.36 Å². The standard InChI is InChI=1S/C23H21N5O3/c1-3-20(29)22-19-12-27-21(13-31-15-7-5-4-6-8-15)25-26-23(27)17-11-16(30-2)9-10-18(17)28(19)14-24-22/h4-11,14H,3,12-13H2,1-2H3. The van der Waals surface area contributed by atoms with Crippen molar-refractivity contribution in [3.05, 3.63) is 72.1 Å². The van der Waals surface area contributed by atoms with E-state index < -0.39 is 0 Å². The number of ketones is 1. The van der Waals surface area contributed by atoms with E-state index in [-0.39, 0.29) is 12.4 Å². The van der Waals surface area contributed by atoms with Gasteiger partial charge in [-0.15, -0.1) is 10.2 Å². The van der Waals surface area contributed by atoms with E-state index in [4.69, 9.17) is 9.47 Å². The number of ether oxygens (including phenoxy) is 2. The van der Waals surface area contributed by atoms with Crippen molar-refractivity contribution in [2.45, 2.75) is 26.5 Å². The van der Waals surface area contributed by atoms with E-state index in [1.807, 2.05) is 64.6 Å². The van der Waals surface area contributed by atoms with Gasteiger partial charge in [-0.25, -0.2) is 4.98 Å². The van der Waals surface area contributed by atoms with Crippen LogP contribution in [0.25, 0.3) is 17.1 Å². The number of nitrogens with zero attached hydrogens (tertiary/aromatic N) is 5. The fourth-order valence-corrected chi connectivity index (χ4v) is 3.79. The van der Waals surface area contributed by atoms with Gasteiger partial charge in [-0.1, -0.05) is 25.1 Å². The second kappa shape index (κ2) is 7.71. The summed E-state index contributed by atoms with van der Waals surface area (Å²) >= 11 is 0. The van der Waals surface area contributed by atoms with Gasteiger partial charge in [0.25, 0.3) is 0 Å². The first kappa shape index (κ1) is 19.0. The highest BCUT2D eigenvalue weighted by molar-refractivity contribution is 5.95. The highest BCUT2D eigenvalue weighted by atomic mass is 16.5. The Morgan fingerprint density at radius 3 is 2.71 bits per heavy atom. The second-order valence-corrected chi connectivity index (χ2v) is 7.20. The van der Waals surface area contributed by atoms with Crippen LogP contribution < -0.4 is 9.47 Å². The van der Waals surface area contributed by atoms with Crippen molar-refractivity contribution in [3.8, 4) is 28.6 Å². The molecule has 0 N–H and O–H groups in total. The van der Waals surface area contributed by atoms with E-state index in [1.165, 1.54) is 0 Å². The van der Waals surface area contributed by atoms with E-state index in [2.05, 4.69) is 15.2 Å². The number of aromatic nitrogens is 5. The number of hydrogen-bond acceptors (Lipinski definition) is 6. The van der Waals surface area contributed by atoms with Gasteiger partial charge in [-0.05, 0) is 30.3 Å². The number of imidazole rings is 1. The molecule has 156 valence electrons. The average Bonchev–Trinajstić information content (AvgIpc) is 3.39. The Kier molecular flexibility index (Phi) is 4.74. The first-order valence-electron chi connectivity index (χ1n) is 10.1. The smallest absolute Gasteiger partial charge is 0.182 e. The largest absolute Gasteiger partial charge is 0.497 e. The summed E-state index contributed by atoms with van der Waals surface area (Å²) in [5.41, 5.74) is 3.00. The number of para-hydroxylation sites is 1. The normalized spacial score (nSPS) is 11.8. The topological polar surface area (TPSA) is 84.1 Å². The van der Waals surface area contributed by atoms with Crippen molar-refractivity contribution in [1.29, 1.82) is 0 Å². The van der Waals surface area contributed by atoms with E-state index >= 15 is 0 Å². The molecule has 0 fully saturated rings. The molecule has 0 spiro atoms. The maximum absolute atomic E-state index is 12.6. The molecule has 0 radical (unpaired) electrons. The lowest BCUT2D eigenvalue weighted by Crippen LogP contribution is -2.13. The molecule has 0 amide bonds. The van der Waals surface area contributed by atoms with Gasteiger partial charge in [-0.2, -0.15) is 0 Å². The molecule has 1 aliphatic rings. The number of carbonyl (C=O) groups is 1. The lowest BCUT2D eigenvalue weighted by Gasteiger charge is -2.10. The number of carbonyl (C=O) groups excluding carboxylic acids is 1. The van der Waals surface area contributed by atoms with Crippen molar-refractivity contribution in [2.75, 3.05) is 7.11 Å². The molecule has 0 saturated heterocycles. The molecule has 3 heterocycles. The zero-order valence-electron chi connectivity index (χ0n) is 17.3. The highest BCUT2D eigenvalue weighted by Gasteiger charge is 2.28. The summed E-state index contributed by atoms with van der Waals surface area (Å²) in [6.45, 7) is 2.50. The summed E-state index contributed by atoms with van der Waals surface area (Å²) in [4.78, 5) is 17.0. The van der Waals surface area contributed by atoms with Crippen molar-refractivity contribution < 1.29 is 14.3 Å². The van der Waals surface area contributed by atoms with E-state index in [1.54, 1.807) is 13.4 Å². The SMILES string of the molecule is CCC(=O)c1ncn2c1Cn1c(COc3ccccc3)nnc1-c1cc(OC)ccc1-2. The summed E-state index contributed by atoms with van der Waals surface area (Å²) in [6, 6.07) is 15.3. The van der Waals surface area contributed by atoms with Gasteiger partial charge in [0, 0.05) is 12.0 Å². The lowest BCUT2D eigenvalue weighted by atomic mass is 10.1. The van der Waals surface area contributed by atoms with E-state index in [0.717, 1.165) is 22.7 Å². The van der Waals surface area contributed by atoms with E-state index in [0.29, 0.717) is 36.1 Å². The Hall–Kier alpha value is -3.94. The van der Waals surface area contributed by atoms with Crippen molar-refractivity contribution in [1.82, 2.24) is 24.3 Å². The highest BCUT2D eigenvalue weighted by Crippen LogP contribution is 2.35. The summed E-state index contributed by atoms with van der Waals surface area (Å²) in [7, 11) is 1.63. The molecule has 8 nitrogen and oxygen atoms in total. The summed E-state index contributed by atoms with van der Waals surface area (Å²) in [6.07, 6.45) is 2.09. The van der Waals surface area contributed by atoms with Gasteiger partial charge < -0.3 is 14.0 Å². The van der Waals surface area contributed by atoms with Crippen molar-refractivity contribution >= 4 is 5.78 Å². The molecule has 8 heteroatoms. The molecule has 0 unspecified atom stereocenters. The number of hydrogen-bond donors (Lipinski definition) is 0. The van der Waals surface area contributed by atoms with Crippen molar-refractivity contribution in [2.24, 2.45) is 0 Å². The van der Waals surface area contributed by atoms with Crippen LogP contribution in [0.5, 0.6) is 11.5 Å². The second-order valence-electron chi connectivity index (χ2n) is 7.20. The minimum Gasteiger partial charge on any atom is -0.497 e. The number of methoxy groups -OCH3 is 1. The summed E-state index contributed by atoms with van der Waals surface area (Å²) < 4.78 is 15.3. The van der Waals surface area contributed by atoms with Gasteiger partial charge >= 0.3 is 0 Å². The van der Waals surface area contributed by atoms with Crippen LogP contribution in [0.1, 0.15) is 35.4 Å². The number of benzene rings is 2. The van der Waals surface area contributed by atoms with Crippen LogP contribution in [0.2, 0.25) is 0 Å². The van der Waals surface area contributed by atoms with Crippen LogP contribution in [0, 0.1) is 0 Å². The molecule has 2 aromatic heterocycles. The number of rotatable bonds is 6. The van der Waals surface area contributed by atoms with Crippen LogP contribution in [0.4, 0.5) is 0 Å². The van der Waals surface area contributed by atoms with Crippen LogP contribution in [-0.2, 0) is 13.2 Å². The van der Waals surface area contributed by atoms with Gasteiger partial charge in [0.2, 0.25) is 0 Å². The Labute approximate surface area is 179 Å². The van der Waals surface area contributed by atoms with Crippen LogP contribution in [0.3, 0.4) is 0 Å². The van der Waals surface area contributed by atoms with Crippen LogP contribution in [0.15, 0.2) is 54.9 Å². The third kappa shape index (κ3) is 3.26. The fourth-order valence-electron chi connectivity index (χ4n) is 3.79. The van der Waals surface area contributed by atoms with Gasteiger partial charge in [0.1, 0.15) is 30.1 Å². The molecule has 0 saturated carbocycles. The molecular weight excluding hydrogens is 394 g/mol. The third-order valence-electron chi connectivity index (χ3n) is 5.40. The van der Waals surface area contributed by atoms with Gasteiger partial charge in [0.05, 0.1) is 25.0 Å². The molecule has 1 aliphatic heterocycles. The Bertz CT molecular complexity index is 1260. The lowest BCUT2D eigenvalue weighted by molar-refractivity contribution is 0.0982. The average molecular weight is 415 g/mol. The molecule has 31 heavy (non-hydrogen) atoms. The number of Topliss-reactive ketones (excluding diaryl/α,β-unsaturated/α-hetero) is 1. The minimum absolute atomic E-state index is 0.00224. The summed E-state index contributed by atoms with van der Waals surface area (Å²) in [5, 5.41) is 8.86.